The lowest BCUT2D eigenvalue weighted by atomic mass is 10.1. The molecular formula is C23H30N2O2S. The van der Waals surface area contributed by atoms with Crippen LogP contribution in [-0.2, 0) is 9.59 Å². The van der Waals surface area contributed by atoms with Gasteiger partial charge in [-0.05, 0) is 62.1 Å². The minimum Gasteiger partial charge on any atom is -0.326 e. The van der Waals surface area contributed by atoms with E-state index in [2.05, 4.69) is 17.6 Å². The number of anilines is 2. The Balaban J connectivity index is 2.03. The number of carbonyl (C=O) groups is 2. The number of aryl methyl sites for hydroxylation is 2. The summed E-state index contributed by atoms with van der Waals surface area (Å²) in [6.45, 7) is 8.09. The number of unbranched alkanes of at least 4 members (excludes halogenated alkanes) is 1. The van der Waals surface area contributed by atoms with E-state index in [0.29, 0.717) is 12.8 Å². The first kappa shape index (κ1) is 22.0. The largest absolute Gasteiger partial charge is 0.326 e. The molecule has 5 heteroatoms. The van der Waals surface area contributed by atoms with E-state index in [1.165, 1.54) is 11.8 Å². The lowest BCUT2D eigenvalue weighted by Gasteiger charge is -2.17. The maximum absolute atomic E-state index is 12.8. The van der Waals surface area contributed by atoms with Gasteiger partial charge in [-0.25, -0.2) is 0 Å². The molecule has 0 saturated carbocycles. The van der Waals surface area contributed by atoms with Gasteiger partial charge in [0.05, 0.1) is 5.25 Å². The first-order chi connectivity index (χ1) is 13.4. The summed E-state index contributed by atoms with van der Waals surface area (Å²) >= 11 is 1.52. The van der Waals surface area contributed by atoms with Crippen molar-refractivity contribution in [3.05, 3.63) is 53.6 Å². The molecule has 0 radical (unpaired) electrons. The number of hydrogen-bond acceptors (Lipinski definition) is 3. The Morgan fingerprint density at radius 3 is 2.54 bits per heavy atom. The highest BCUT2D eigenvalue weighted by Gasteiger charge is 2.19. The smallest absolute Gasteiger partial charge is 0.237 e. The molecule has 28 heavy (non-hydrogen) atoms. The van der Waals surface area contributed by atoms with Gasteiger partial charge in [0, 0.05) is 22.7 Å². The highest BCUT2D eigenvalue weighted by Crippen LogP contribution is 2.29. The van der Waals surface area contributed by atoms with E-state index in [9.17, 15) is 9.59 Å². The second-order valence-corrected chi connectivity index (χ2v) is 8.28. The third kappa shape index (κ3) is 6.71. The van der Waals surface area contributed by atoms with E-state index in [0.717, 1.165) is 40.2 Å². The van der Waals surface area contributed by atoms with E-state index in [4.69, 9.17) is 0 Å². The van der Waals surface area contributed by atoms with Crippen LogP contribution in [0.3, 0.4) is 0 Å². The Kier molecular flexibility index (Phi) is 8.58. The zero-order valence-electron chi connectivity index (χ0n) is 17.2. The lowest BCUT2D eigenvalue weighted by molar-refractivity contribution is -0.116. The number of amides is 2. The van der Waals surface area contributed by atoms with Gasteiger partial charge in [0.25, 0.3) is 0 Å². The van der Waals surface area contributed by atoms with Crippen molar-refractivity contribution in [2.24, 2.45) is 0 Å². The number of nitrogens with one attached hydrogen (secondary N) is 2. The molecule has 2 aromatic carbocycles. The molecule has 0 saturated heterocycles. The Morgan fingerprint density at radius 1 is 1.04 bits per heavy atom. The number of thioether (sulfide) groups is 1. The summed E-state index contributed by atoms with van der Waals surface area (Å²) in [6.07, 6.45) is 3.13. The monoisotopic (exact) mass is 398 g/mol. The average Bonchev–Trinajstić information content (AvgIpc) is 2.67. The molecule has 150 valence electrons. The molecule has 0 aliphatic rings. The van der Waals surface area contributed by atoms with Crippen LogP contribution in [0.2, 0.25) is 0 Å². The molecule has 2 rings (SSSR count). The second-order valence-electron chi connectivity index (χ2n) is 7.00. The van der Waals surface area contributed by atoms with Gasteiger partial charge in [0.15, 0.2) is 0 Å². The molecule has 0 aliphatic heterocycles. The van der Waals surface area contributed by atoms with Crippen molar-refractivity contribution in [2.45, 2.75) is 63.5 Å². The van der Waals surface area contributed by atoms with Crippen LogP contribution in [0.25, 0.3) is 0 Å². The summed E-state index contributed by atoms with van der Waals surface area (Å²) in [4.78, 5) is 25.7. The topological polar surface area (TPSA) is 58.2 Å². The van der Waals surface area contributed by atoms with Gasteiger partial charge in [-0.3, -0.25) is 9.59 Å². The number of rotatable bonds is 9. The van der Waals surface area contributed by atoms with Crippen molar-refractivity contribution in [1.82, 2.24) is 0 Å². The predicted molar refractivity (Wildman–Crippen MR) is 119 cm³/mol. The van der Waals surface area contributed by atoms with Gasteiger partial charge in [-0.15, -0.1) is 11.8 Å². The first-order valence-electron chi connectivity index (χ1n) is 9.87. The molecule has 0 aliphatic carbocycles. The second kappa shape index (κ2) is 10.9. The Morgan fingerprint density at radius 2 is 1.82 bits per heavy atom. The SMILES string of the molecule is CCCCC(=O)Nc1cccc(SC(CC)C(=O)Nc2cc(C)ccc2C)c1. The maximum atomic E-state index is 12.8. The van der Waals surface area contributed by atoms with Crippen molar-refractivity contribution in [3.8, 4) is 0 Å². The van der Waals surface area contributed by atoms with E-state index in [1.807, 2.05) is 63.2 Å². The van der Waals surface area contributed by atoms with Gasteiger partial charge >= 0.3 is 0 Å². The van der Waals surface area contributed by atoms with Crippen molar-refractivity contribution >= 4 is 35.0 Å². The normalized spacial score (nSPS) is 11.7. The van der Waals surface area contributed by atoms with E-state index < -0.39 is 0 Å². The van der Waals surface area contributed by atoms with E-state index in [-0.39, 0.29) is 17.1 Å². The molecule has 1 unspecified atom stereocenters. The summed E-state index contributed by atoms with van der Waals surface area (Å²) in [5, 5.41) is 5.80. The van der Waals surface area contributed by atoms with Crippen molar-refractivity contribution in [1.29, 1.82) is 0 Å². The zero-order chi connectivity index (χ0) is 20.5. The third-order valence-corrected chi connectivity index (χ3v) is 5.83. The minimum absolute atomic E-state index is 0.00131. The fourth-order valence-corrected chi connectivity index (χ4v) is 3.79. The average molecular weight is 399 g/mol. The molecular weight excluding hydrogens is 368 g/mol. The molecule has 2 N–H and O–H groups in total. The van der Waals surface area contributed by atoms with Crippen molar-refractivity contribution in [2.75, 3.05) is 10.6 Å². The third-order valence-electron chi connectivity index (χ3n) is 4.47. The lowest BCUT2D eigenvalue weighted by Crippen LogP contribution is -2.25. The van der Waals surface area contributed by atoms with Crippen LogP contribution >= 0.6 is 11.8 Å². The van der Waals surface area contributed by atoms with Crippen LogP contribution in [-0.4, -0.2) is 17.1 Å². The molecule has 4 nitrogen and oxygen atoms in total. The summed E-state index contributed by atoms with van der Waals surface area (Å²) in [5.74, 6) is 0.0299. The fourth-order valence-electron chi connectivity index (χ4n) is 2.78. The van der Waals surface area contributed by atoms with Gasteiger partial charge in [-0.1, -0.05) is 38.5 Å². The molecule has 0 aromatic heterocycles. The van der Waals surface area contributed by atoms with Crippen molar-refractivity contribution in [3.63, 3.8) is 0 Å². The van der Waals surface area contributed by atoms with Gasteiger partial charge in [0.2, 0.25) is 11.8 Å². The highest BCUT2D eigenvalue weighted by molar-refractivity contribution is 8.00. The van der Waals surface area contributed by atoms with Crippen molar-refractivity contribution < 1.29 is 9.59 Å². The first-order valence-corrected chi connectivity index (χ1v) is 10.8. The van der Waals surface area contributed by atoms with Crippen LogP contribution in [0, 0.1) is 13.8 Å². The molecule has 0 fully saturated rings. The summed E-state index contributed by atoms with van der Waals surface area (Å²) in [7, 11) is 0. The van der Waals surface area contributed by atoms with Gasteiger partial charge in [-0.2, -0.15) is 0 Å². The highest BCUT2D eigenvalue weighted by atomic mass is 32.2. The molecule has 0 bridgehead atoms. The molecule has 0 heterocycles. The Labute approximate surface area is 172 Å². The van der Waals surface area contributed by atoms with Crippen LogP contribution < -0.4 is 10.6 Å². The van der Waals surface area contributed by atoms with E-state index >= 15 is 0 Å². The minimum atomic E-state index is -0.203. The maximum Gasteiger partial charge on any atom is 0.237 e. The van der Waals surface area contributed by atoms with Crippen LogP contribution in [0.5, 0.6) is 0 Å². The number of hydrogen-bond donors (Lipinski definition) is 2. The predicted octanol–water partition coefficient (Wildman–Crippen LogP) is 5.94. The Bertz CT molecular complexity index is 820. The standard InChI is InChI=1S/C23H30N2O2S/c1-5-7-11-22(26)24-18-9-8-10-19(15-18)28-21(6-2)23(27)25-20-14-16(3)12-13-17(20)4/h8-10,12-15,21H,5-7,11H2,1-4H3,(H,24,26)(H,25,27). The summed E-state index contributed by atoms with van der Waals surface area (Å²) in [5.41, 5.74) is 3.81. The molecule has 0 spiro atoms. The summed E-state index contributed by atoms with van der Waals surface area (Å²) in [6, 6.07) is 13.7. The van der Waals surface area contributed by atoms with Crippen LogP contribution in [0.4, 0.5) is 11.4 Å². The van der Waals surface area contributed by atoms with Crippen LogP contribution in [0.15, 0.2) is 47.4 Å². The number of carbonyl (C=O) groups excluding carboxylic acids is 2. The molecule has 2 amide bonds. The molecule has 1 atom stereocenters. The fraction of sp³-hybridized carbons (Fsp3) is 0.391. The summed E-state index contributed by atoms with van der Waals surface area (Å²) < 4.78 is 0. The number of benzene rings is 2. The zero-order valence-corrected chi connectivity index (χ0v) is 18.0. The quantitative estimate of drug-likeness (QED) is 0.514. The molecule has 2 aromatic rings. The van der Waals surface area contributed by atoms with E-state index in [1.54, 1.807) is 0 Å². The van der Waals surface area contributed by atoms with Crippen LogP contribution in [0.1, 0.15) is 50.7 Å². The van der Waals surface area contributed by atoms with Gasteiger partial charge < -0.3 is 10.6 Å². The van der Waals surface area contributed by atoms with Gasteiger partial charge in [0.1, 0.15) is 0 Å². The Hall–Kier alpha value is -2.27.